The second kappa shape index (κ2) is 9.33. The average Bonchev–Trinajstić information content (AvgIpc) is 2.55. The number of allylic oxidation sites excluding steroid dienone is 7. The monoisotopic (exact) mass is 272 g/mol. The van der Waals surface area contributed by atoms with Gasteiger partial charge in [-0.05, 0) is 17.5 Å². The van der Waals surface area contributed by atoms with Gasteiger partial charge in [0.25, 0.3) is 0 Å². The van der Waals surface area contributed by atoms with E-state index in [2.05, 4.69) is 60.7 Å². The third-order valence-corrected chi connectivity index (χ3v) is 2.98. The van der Waals surface area contributed by atoms with Gasteiger partial charge >= 0.3 is 0 Å². The highest BCUT2D eigenvalue weighted by Gasteiger charge is 1.83. The Morgan fingerprint density at radius 1 is 0.571 bits per heavy atom. The van der Waals surface area contributed by atoms with Crippen LogP contribution >= 0.6 is 0 Å². The molecular formula is C21H20. The van der Waals surface area contributed by atoms with Gasteiger partial charge < -0.3 is 0 Å². The van der Waals surface area contributed by atoms with Crippen molar-refractivity contribution in [2.75, 3.05) is 0 Å². The molecule has 0 nitrogen and oxygen atoms in total. The van der Waals surface area contributed by atoms with Crippen LogP contribution in [0.4, 0.5) is 0 Å². The minimum atomic E-state index is 0.975. The quantitative estimate of drug-likeness (QED) is 0.599. The minimum absolute atomic E-state index is 0.975. The van der Waals surface area contributed by atoms with Crippen molar-refractivity contribution in [1.82, 2.24) is 0 Å². The Balaban J connectivity index is 1.70. The lowest BCUT2D eigenvalue weighted by Crippen LogP contribution is -1.77. The van der Waals surface area contributed by atoms with E-state index in [0.29, 0.717) is 0 Å². The van der Waals surface area contributed by atoms with Gasteiger partial charge in [0, 0.05) is 0 Å². The highest BCUT2D eigenvalue weighted by atomic mass is 13.9. The molecule has 0 saturated carbocycles. The molecule has 2 aromatic rings. The van der Waals surface area contributed by atoms with Crippen LogP contribution in [0.5, 0.6) is 0 Å². The fourth-order valence-electron chi connectivity index (χ4n) is 1.88. The Labute approximate surface area is 127 Å². The molecule has 0 unspecified atom stereocenters. The Morgan fingerprint density at radius 3 is 1.86 bits per heavy atom. The lowest BCUT2D eigenvalue weighted by atomic mass is 10.1. The van der Waals surface area contributed by atoms with Crippen molar-refractivity contribution >= 4 is 6.08 Å². The maximum atomic E-state index is 2.17. The fraction of sp³-hybridized carbons (Fsp3) is 0.0476. The van der Waals surface area contributed by atoms with Gasteiger partial charge in [0.05, 0.1) is 0 Å². The van der Waals surface area contributed by atoms with E-state index in [-0.39, 0.29) is 0 Å². The molecule has 0 aliphatic heterocycles. The van der Waals surface area contributed by atoms with Crippen LogP contribution in [0.25, 0.3) is 6.08 Å². The van der Waals surface area contributed by atoms with E-state index >= 15 is 0 Å². The van der Waals surface area contributed by atoms with Crippen molar-refractivity contribution in [3.05, 3.63) is 114 Å². The molecule has 2 rings (SSSR count). The van der Waals surface area contributed by atoms with E-state index < -0.39 is 0 Å². The van der Waals surface area contributed by atoms with Gasteiger partial charge in [-0.25, -0.2) is 0 Å². The van der Waals surface area contributed by atoms with Crippen LogP contribution in [-0.4, -0.2) is 0 Å². The maximum absolute atomic E-state index is 2.17. The molecule has 0 aliphatic carbocycles. The van der Waals surface area contributed by atoms with Gasteiger partial charge in [0.1, 0.15) is 0 Å². The van der Waals surface area contributed by atoms with Crippen molar-refractivity contribution in [3.63, 3.8) is 0 Å². The van der Waals surface area contributed by atoms with E-state index in [1.807, 2.05) is 48.6 Å². The molecule has 0 bridgehead atoms. The van der Waals surface area contributed by atoms with Crippen molar-refractivity contribution in [2.45, 2.75) is 6.42 Å². The van der Waals surface area contributed by atoms with Gasteiger partial charge in [0.15, 0.2) is 0 Å². The molecule has 0 aliphatic rings. The number of hydrogen-bond donors (Lipinski definition) is 0. The van der Waals surface area contributed by atoms with Gasteiger partial charge in [-0.3, -0.25) is 0 Å². The van der Waals surface area contributed by atoms with Crippen LogP contribution in [0.3, 0.4) is 0 Å². The molecule has 0 spiro atoms. The molecule has 0 amide bonds. The average molecular weight is 272 g/mol. The molecule has 104 valence electrons. The van der Waals surface area contributed by atoms with Gasteiger partial charge in [-0.15, -0.1) is 0 Å². The molecule has 21 heavy (non-hydrogen) atoms. The Hall–Kier alpha value is -2.60. The molecule has 0 fully saturated rings. The number of benzene rings is 2. The summed E-state index contributed by atoms with van der Waals surface area (Å²) in [6.45, 7) is 0. The topological polar surface area (TPSA) is 0 Å². The summed E-state index contributed by atoms with van der Waals surface area (Å²) in [6, 6.07) is 20.8. The maximum Gasteiger partial charge on any atom is -0.00943 e. The fourth-order valence-corrected chi connectivity index (χ4v) is 1.88. The molecule has 0 aromatic heterocycles. The molecule has 0 heterocycles. The predicted molar refractivity (Wildman–Crippen MR) is 93.0 cm³/mol. The Morgan fingerprint density at radius 2 is 1.14 bits per heavy atom. The molecular weight excluding hydrogens is 252 g/mol. The normalized spacial score (nSPS) is 12.2. The highest BCUT2D eigenvalue weighted by molar-refractivity contribution is 5.50. The van der Waals surface area contributed by atoms with E-state index in [9.17, 15) is 0 Å². The van der Waals surface area contributed by atoms with Gasteiger partial charge in [0.2, 0.25) is 0 Å². The van der Waals surface area contributed by atoms with E-state index in [4.69, 9.17) is 0 Å². The summed E-state index contributed by atoms with van der Waals surface area (Å²) in [5.74, 6) is 0. The number of rotatable bonds is 6. The van der Waals surface area contributed by atoms with Crippen molar-refractivity contribution in [1.29, 1.82) is 0 Å². The molecule has 2 aromatic carbocycles. The summed E-state index contributed by atoms with van der Waals surface area (Å²) >= 11 is 0. The zero-order valence-corrected chi connectivity index (χ0v) is 12.1. The first kappa shape index (κ1) is 14.8. The van der Waals surface area contributed by atoms with Gasteiger partial charge in [-0.2, -0.15) is 0 Å². The second-order valence-corrected chi connectivity index (χ2v) is 4.66. The zero-order valence-electron chi connectivity index (χ0n) is 12.1. The van der Waals surface area contributed by atoms with Crippen LogP contribution in [0, 0.1) is 0 Å². The zero-order chi connectivity index (χ0) is 14.6. The first-order chi connectivity index (χ1) is 10.4. The third kappa shape index (κ3) is 6.40. The van der Waals surface area contributed by atoms with Crippen LogP contribution in [0.15, 0.2) is 103 Å². The summed E-state index contributed by atoms with van der Waals surface area (Å²) in [5.41, 5.74) is 2.55. The minimum Gasteiger partial charge on any atom is -0.0801 e. The van der Waals surface area contributed by atoms with Crippen LogP contribution in [0.2, 0.25) is 0 Å². The summed E-state index contributed by atoms with van der Waals surface area (Å²) in [7, 11) is 0. The lowest BCUT2D eigenvalue weighted by Gasteiger charge is -1.92. The second-order valence-electron chi connectivity index (χ2n) is 4.66. The summed E-state index contributed by atoms with van der Waals surface area (Å²) in [5, 5.41) is 0. The Kier molecular flexibility index (Phi) is 6.57. The van der Waals surface area contributed by atoms with Gasteiger partial charge in [-0.1, -0.05) is 109 Å². The third-order valence-electron chi connectivity index (χ3n) is 2.98. The molecule has 0 heteroatoms. The molecule has 0 saturated heterocycles. The lowest BCUT2D eigenvalue weighted by molar-refractivity contribution is 1.27. The van der Waals surface area contributed by atoms with E-state index in [0.717, 1.165) is 6.42 Å². The van der Waals surface area contributed by atoms with E-state index in [1.54, 1.807) is 0 Å². The first-order valence-corrected chi connectivity index (χ1v) is 7.21. The summed E-state index contributed by atoms with van der Waals surface area (Å²) in [6.07, 6.45) is 17.5. The largest absolute Gasteiger partial charge is 0.0801 e. The molecule has 0 atom stereocenters. The first-order valence-electron chi connectivity index (χ1n) is 7.21. The molecule has 0 radical (unpaired) electrons. The smallest absolute Gasteiger partial charge is 0.00943 e. The van der Waals surface area contributed by atoms with Crippen molar-refractivity contribution < 1.29 is 0 Å². The van der Waals surface area contributed by atoms with Crippen molar-refractivity contribution in [3.8, 4) is 0 Å². The SMILES string of the molecule is C(C=CC=Cc1ccccc1)=CC=CCc1ccccc1. The van der Waals surface area contributed by atoms with Crippen molar-refractivity contribution in [2.24, 2.45) is 0 Å². The summed E-state index contributed by atoms with van der Waals surface area (Å²) < 4.78 is 0. The van der Waals surface area contributed by atoms with Crippen LogP contribution < -0.4 is 0 Å². The predicted octanol–water partition coefficient (Wildman–Crippen LogP) is 5.61. The number of hydrogen-bond acceptors (Lipinski definition) is 0. The molecule has 0 N–H and O–H groups in total. The van der Waals surface area contributed by atoms with Crippen LogP contribution in [0.1, 0.15) is 11.1 Å². The standard InChI is InChI=1S/C21H20/c1(2-4-8-14-20-16-10-6-11-17-20)3-5-9-15-21-18-12-7-13-19-21/h1-14,16-19H,15H2. The van der Waals surface area contributed by atoms with E-state index in [1.165, 1.54) is 11.1 Å². The van der Waals surface area contributed by atoms with Crippen LogP contribution in [-0.2, 0) is 6.42 Å². The summed E-state index contributed by atoms with van der Waals surface area (Å²) in [4.78, 5) is 0. The Bertz CT molecular complexity index is 614. The highest BCUT2D eigenvalue weighted by Crippen LogP contribution is 2.01.